The fraction of sp³-hybridized carbons (Fsp3) is 0.357. The van der Waals surface area contributed by atoms with E-state index < -0.39 is 6.10 Å². The van der Waals surface area contributed by atoms with Crippen LogP contribution in [0.15, 0.2) is 30.3 Å². The summed E-state index contributed by atoms with van der Waals surface area (Å²) in [6.45, 7) is 2.04. The molecule has 0 aliphatic heterocycles. The lowest BCUT2D eigenvalue weighted by Crippen LogP contribution is -2.15. The van der Waals surface area contributed by atoms with Crippen molar-refractivity contribution in [3.05, 3.63) is 41.5 Å². The Morgan fingerprint density at radius 3 is 2.56 bits per heavy atom. The molecule has 0 radical (unpaired) electrons. The molecule has 2 atom stereocenters. The lowest BCUT2D eigenvalue weighted by Gasteiger charge is -2.22. The highest BCUT2D eigenvalue weighted by atomic mass is 16.3. The molecule has 2 rings (SSSR count). The van der Waals surface area contributed by atoms with Gasteiger partial charge in [-0.15, -0.1) is 0 Å². The fourth-order valence-electron chi connectivity index (χ4n) is 2.08. The van der Waals surface area contributed by atoms with Crippen molar-refractivity contribution in [3.63, 3.8) is 0 Å². The van der Waals surface area contributed by atoms with Gasteiger partial charge in [-0.25, -0.2) is 0 Å². The third-order valence-corrected chi connectivity index (χ3v) is 3.04. The number of benzene rings is 1. The van der Waals surface area contributed by atoms with Crippen molar-refractivity contribution in [2.24, 2.45) is 5.92 Å². The second-order valence-corrected chi connectivity index (χ2v) is 4.31. The molecule has 0 saturated heterocycles. The number of nitrogens with zero attached hydrogens (tertiary/aromatic N) is 1. The van der Waals surface area contributed by atoms with Gasteiger partial charge in [0.1, 0.15) is 0 Å². The first-order valence-corrected chi connectivity index (χ1v) is 5.57. The number of hydrogen-bond acceptors (Lipinski definition) is 2. The highest BCUT2D eigenvalue weighted by Gasteiger charge is 2.22. The molecule has 1 aliphatic carbocycles. The van der Waals surface area contributed by atoms with Crippen molar-refractivity contribution in [3.8, 4) is 6.07 Å². The largest absolute Gasteiger partial charge is 0.389 e. The predicted octanol–water partition coefficient (Wildman–Crippen LogP) is 2.67. The van der Waals surface area contributed by atoms with Gasteiger partial charge in [0.2, 0.25) is 0 Å². The van der Waals surface area contributed by atoms with Crippen LogP contribution in [0.25, 0.3) is 5.57 Å². The summed E-state index contributed by atoms with van der Waals surface area (Å²) < 4.78 is 0. The Bertz CT molecular complexity index is 439. The maximum Gasteiger partial charge on any atom is 0.0727 e. The van der Waals surface area contributed by atoms with E-state index in [4.69, 9.17) is 5.26 Å². The number of rotatable bonds is 1. The summed E-state index contributed by atoms with van der Waals surface area (Å²) in [5.74, 6) is -0.0777. The molecule has 0 amide bonds. The Balaban J connectivity index is 2.37. The van der Waals surface area contributed by atoms with Crippen LogP contribution in [-0.4, -0.2) is 11.2 Å². The van der Waals surface area contributed by atoms with Gasteiger partial charge in [-0.2, -0.15) is 5.26 Å². The topological polar surface area (TPSA) is 44.0 Å². The van der Waals surface area contributed by atoms with Crippen LogP contribution in [0.5, 0.6) is 0 Å². The molecular weight excluding hydrogens is 198 g/mol. The quantitative estimate of drug-likeness (QED) is 0.779. The first-order valence-electron chi connectivity index (χ1n) is 5.57. The van der Waals surface area contributed by atoms with Gasteiger partial charge in [-0.3, -0.25) is 0 Å². The van der Waals surface area contributed by atoms with Crippen LogP contribution in [0, 0.1) is 24.2 Å². The average molecular weight is 213 g/mol. The van der Waals surface area contributed by atoms with Crippen LogP contribution in [-0.2, 0) is 0 Å². The summed E-state index contributed by atoms with van der Waals surface area (Å²) in [6, 6.07) is 10.4. The lowest BCUT2D eigenvalue weighted by atomic mass is 9.83. The Morgan fingerprint density at radius 1 is 1.25 bits per heavy atom. The molecule has 1 aromatic rings. The van der Waals surface area contributed by atoms with Crippen molar-refractivity contribution in [2.75, 3.05) is 0 Å². The van der Waals surface area contributed by atoms with E-state index in [1.54, 1.807) is 0 Å². The Hall–Kier alpha value is -1.59. The molecule has 1 N–H and O–H groups in total. The Labute approximate surface area is 95.8 Å². The number of aliphatic hydroxyl groups excluding tert-OH is 1. The van der Waals surface area contributed by atoms with E-state index in [-0.39, 0.29) is 5.92 Å². The summed E-state index contributed by atoms with van der Waals surface area (Å²) in [6.07, 6.45) is 2.86. The molecule has 0 saturated carbocycles. The summed E-state index contributed by atoms with van der Waals surface area (Å²) in [4.78, 5) is 0. The van der Waals surface area contributed by atoms with Crippen molar-refractivity contribution in [2.45, 2.75) is 25.9 Å². The van der Waals surface area contributed by atoms with Gasteiger partial charge in [0.05, 0.1) is 18.1 Å². The molecule has 0 heterocycles. The summed E-state index contributed by atoms with van der Waals surface area (Å²) >= 11 is 0. The van der Waals surface area contributed by atoms with Gasteiger partial charge < -0.3 is 5.11 Å². The summed E-state index contributed by atoms with van der Waals surface area (Å²) in [5, 5.41) is 18.7. The van der Waals surface area contributed by atoms with Crippen LogP contribution < -0.4 is 0 Å². The van der Waals surface area contributed by atoms with E-state index in [9.17, 15) is 5.11 Å². The molecule has 0 spiro atoms. The predicted molar refractivity (Wildman–Crippen MR) is 63.5 cm³/mol. The van der Waals surface area contributed by atoms with Crippen molar-refractivity contribution in [1.29, 1.82) is 5.26 Å². The second kappa shape index (κ2) is 4.51. The van der Waals surface area contributed by atoms with Crippen LogP contribution in [0.3, 0.4) is 0 Å². The zero-order valence-electron chi connectivity index (χ0n) is 9.35. The second-order valence-electron chi connectivity index (χ2n) is 4.31. The SMILES string of the molecule is Cc1ccc(C2=CC(O)CCC2C#N)cc1. The lowest BCUT2D eigenvalue weighted by molar-refractivity contribution is 0.202. The Morgan fingerprint density at radius 2 is 1.94 bits per heavy atom. The van der Waals surface area contributed by atoms with E-state index in [1.165, 1.54) is 5.56 Å². The number of allylic oxidation sites excluding steroid dienone is 1. The number of nitriles is 1. The number of aliphatic hydroxyl groups is 1. The van der Waals surface area contributed by atoms with Crippen molar-refractivity contribution >= 4 is 5.57 Å². The van der Waals surface area contributed by atoms with Crippen molar-refractivity contribution < 1.29 is 5.11 Å². The van der Waals surface area contributed by atoms with E-state index in [0.717, 1.165) is 17.6 Å². The van der Waals surface area contributed by atoms with E-state index >= 15 is 0 Å². The third kappa shape index (κ3) is 2.15. The van der Waals surface area contributed by atoms with Gasteiger partial charge in [0, 0.05) is 0 Å². The third-order valence-electron chi connectivity index (χ3n) is 3.04. The zero-order valence-corrected chi connectivity index (χ0v) is 9.35. The minimum atomic E-state index is -0.402. The van der Waals surface area contributed by atoms with E-state index in [1.807, 2.05) is 37.3 Å². The zero-order chi connectivity index (χ0) is 11.5. The van der Waals surface area contributed by atoms with Crippen molar-refractivity contribution in [1.82, 2.24) is 0 Å². The molecule has 16 heavy (non-hydrogen) atoms. The highest BCUT2D eigenvalue weighted by Crippen LogP contribution is 2.32. The molecule has 0 bridgehead atoms. The first kappa shape index (κ1) is 10.9. The van der Waals surface area contributed by atoms with Gasteiger partial charge in [-0.05, 0) is 30.9 Å². The Kier molecular flexibility index (Phi) is 3.07. The van der Waals surface area contributed by atoms with Crippen LogP contribution in [0.1, 0.15) is 24.0 Å². The molecule has 0 fully saturated rings. The fourth-order valence-corrected chi connectivity index (χ4v) is 2.08. The number of aryl methyl sites for hydroxylation is 1. The van der Waals surface area contributed by atoms with E-state index in [2.05, 4.69) is 6.07 Å². The minimum absolute atomic E-state index is 0.0777. The van der Waals surface area contributed by atoms with E-state index in [0.29, 0.717) is 6.42 Å². The van der Waals surface area contributed by atoms with Crippen LogP contribution in [0.4, 0.5) is 0 Å². The molecule has 2 unspecified atom stereocenters. The minimum Gasteiger partial charge on any atom is -0.389 e. The molecule has 2 heteroatoms. The number of hydrogen-bond donors (Lipinski definition) is 1. The average Bonchev–Trinajstić information content (AvgIpc) is 2.30. The summed E-state index contributed by atoms with van der Waals surface area (Å²) in [5.41, 5.74) is 3.23. The molecule has 82 valence electrons. The van der Waals surface area contributed by atoms with Gasteiger partial charge in [0.15, 0.2) is 0 Å². The monoisotopic (exact) mass is 213 g/mol. The first-order chi connectivity index (χ1) is 7.70. The smallest absolute Gasteiger partial charge is 0.0727 e. The van der Waals surface area contributed by atoms with Gasteiger partial charge in [-0.1, -0.05) is 35.9 Å². The van der Waals surface area contributed by atoms with Gasteiger partial charge >= 0.3 is 0 Å². The normalized spacial score (nSPS) is 24.7. The molecule has 0 aromatic heterocycles. The highest BCUT2D eigenvalue weighted by molar-refractivity contribution is 5.70. The van der Waals surface area contributed by atoms with Crippen LogP contribution in [0.2, 0.25) is 0 Å². The molecule has 1 aliphatic rings. The molecular formula is C14H15NO. The molecule has 1 aromatic carbocycles. The standard InChI is InChI=1S/C14H15NO/c1-10-2-4-11(5-3-10)14-8-13(16)7-6-12(14)9-15/h2-5,8,12-13,16H,6-7H2,1H3. The van der Waals surface area contributed by atoms with Gasteiger partial charge in [0.25, 0.3) is 0 Å². The maximum absolute atomic E-state index is 9.62. The maximum atomic E-state index is 9.62. The van der Waals surface area contributed by atoms with Crippen LogP contribution >= 0.6 is 0 Å². The summed E-state index contributed by atoms with van der Waals surface area (Å²) in [7, 11) is 0. The molecule has 2 nitrogen and oxygen atoms in total.